The van der Waals surface area contributed by atoms with Crippen LogP contribution in [0.15, 0.2) is 87.5 Å². The normalized spacial score (nSPS) is 12.5. The maximum absolute atomic E-state index is 13.4. The van der Waals surface area contributed by atoms with Crippen molar-refractivity contribution in [1.82, 2.24) is 0 Å². The molecule has 164 valence electrons. The first-order chi connectivity index (χ1) is 14.3. The van der Waals surface area contributed by atoms with Crippen molar-refractivity contribution < 1.29 is 25.3 Å². The first-order valence-electron chi connectivity index (χ1n) is 8.82. The monoisotopic (exact) mass is 499 g/mol. The van der Waals surface area contributed by atoms with Crippen LogP contribution in [0.25, 0.3) is 0 Å². The molecule has 0 radical (unpaired) electrons. The smallest absolute Gasteiger partial charge is 0.207 e. The number of anilines is 1. The molecule has 0 saturated carbocycles. The average molecular weight is 500 g/mol. The lowest BCUT2D eigenvalue weighted by atomic mass is 10.2. The van der Waals surface area contributed by atoms with Crippen LogP contribution < -0.4 is 3.71 Å². The van der Waals surface area contributed by atoms with Crippen molar-refractivity contribution in [3.05, 3.63) is 83.9 Å². The lowest BCUT2D eigenvalue weighted by Crippen LogP contribution is -2.37. The van der Waals surface area contributed by atoms with Gasteiger partial charge in [-0.05, 0) is 62.4 Å². The van der Waals surface area contributed by atoms with Gasteiger partial charge in [-0.2, -0.15) is 3.71 Å². The minimum Gasteiger partial charge on any atom is -0.207 e. The Hall–Kier alpha value is -2.40. The predicted octanol–water partition coefficient (Wildman–Crippen LogP) is 3.82. The summed E-state index contributed by atoms with van der Waals surface area (Å²) >= 11 is 0. The first kappa shape index (κ1) is 23.3. The molecule has 3 rings (SSSR count). The molecule has 0 amide bonds. The number of hydrogen-bond acceptors (Lipinski definition) is 6. The van der Waals surface area contributed by atoms with Crippen LogP contribution in [0.1, 0.15) is 11.1 Å². The Bertz CT molecular complexity index is 1340. The maximum atomic E-state index is 13.4. The van der Waals surface area contributed by atoms with Crippen LogP contribution in [-0.2, 0) is 29.1 Å². The van der Waals surface area contributed by atoms with Gasteiger partial charge in [-0.25, -0.2) is 25.3 Å². The molecule has 0 atom stereocenters. The molecule has 0 unspecified atom stereocenters. The lowest BCUT2D eigenvalue weighted by molar-refractivity contribution is 0.584. The van der Waals surface area contributed by atoms with Crippen LogP contribution >= 0.6 is 10.7 Å². The van der Waals surface area contributed by atoms with Gasteiger partial charge in [-0.15, -0.1) is 0 Å². The Balaban J connectivity index is 2.26. The van der Waals surface area contributed by atoms with Crippen molar-refractivity contribution in [3.8, 4) is 0 Å². The number of sulfonamides is 2. The zero-order chi connectivity index (χ0) is 23.0. The van der Waals surface area contributed by atoms with E-state index in [0.717, 1.165) is 35.4 Å². The summed E-state index contributed by atoms with van der Waals surface area (Å²) in [6, 6.07) is 15.7. The van der Waals surface area contributed by atoms with E-state index in [1.54, 1.807) is 38.1 Å². The number of aryl methyl sites for hydroxylation is 2. The Morgan fingerprint density at radius 3 is 1.19 bits per heavy atom. The Morgan fingerprint density at radius 1 is 0.548 bits per heavy atom. The first-order valence-corrected chi connectivity index (χ1v) is 14.0. The van der Waals surface area contributed by atoms with Gasteiger partial charge in [0.15, 0.2) is 0 Å². The summed E-state index contributed by atoms with van der Waals surface area (Å²) in [7, 11) is -7.91. The molecular formula is C20H18ClNO6S3. The van der Waals surface area contributed by atoms with E-state index in [0.29, 0.717) is 3.71 Å². The van der Waals surface area contributed by atoms with Gasteiger partial charge in [0.1, 0.15) is 0 Å². The number of halogens is 1. The zero-order valence-corrected chi connectivity index (χ0v) is 19.6. The van der Waals surface area contributed by atoms with Gasteiger partial charge >= 0.3 is 0 Å². The van der Waals surface area contributed by atoms with Crippen molar-refractivity contribution in [2.24, 2.45) is 0 Å². The molecule has 0 fully saturated rings. The Morgan fingerprint density at radius 2 is 0.871 bits per heavy atom. The third kappa shape index (κ3) is 4.77. The molecule has 0 aliphatic carbocycles. The van der Waals surface area contributed by atoms with E-state index in [9.17, 15) is 25.3 Å². The van der Waals surface area contributed by atoms with E-state index >= 15 is 0 Å². The molecule has 7 nitrogen and oxygen atoms in total. The summed E-state index contributed by atoms with van der Waals surface area (Å²) in [6.07, 6.45) is 0. The second kappa shape index (κ2) is 8.27. The van der Waals surface area contributed by atoms with Crippen molar-refractivity contribution in [2.75, 3.05) is 3.71 Å². The van der Waals surface area contributed by atoms with Crippen LogP contribution in [0.4, 0.5) is 5.69 Å². The molecule has 0 spiro atoms. The molecule has 0 aliphatic rings. The summed E-state index contributed by atoms with van der Waals surface area (Å²) in [6.45, 7) is 3.53. The van der Waals surface area contributed by atoms with Crippen LogP contribution in [0.2, 0.25) is 0 Å². The summed E-state index contributed by atoms with van der Waals surface area (Å²) < 4.78 is 77.0. The molecule has 31 heavy (non-hydrogen) atoms. The molecule has 3 aromatic rings. The molecule has 0 heterocycles. The number of nitrogens with zero attached hydrogens (tertiary/aromatic N) is 1. The van der Waals surface area contributed by atoms with Gasteiger partial charge in [0.05, 0.1) is 20.4 Å². The molecule has 0 bridgehead atoms. The fraction of sp³-hybridized carbons (Fsp3) is 0.100. The fourth-order valence-corrected chi connectivity index (χ4v) is 7.21. The lowest BCUT2D eigenvalue weighted by Gasteiger charge is -2.24. The number of hydrogen-bond donors (Lipinski definition) is 0. The van der Waals surface area contributed by atoms with Crippen LogP contribution in [0.5, 0.6) is 0 Å². The van der Waals surface area contributed by atoms with Crippen LogP contribution in [-0.4, -0.2) is 25.3 Å². The van der Waals surface area contributed by atoms with E-state index in [2.05, 4.69) is 0 Å². The predicted molar refractivity (Wildman–Crippen MR) is 119 cm³/mol. The summed E-state index contributed by atoms with van der Waals surface area (Å²) in [5.41, 5.74) is 1.33. The van der Waals surface area contributed by atoms with Gasteiger partial charge in [0.2, 0.25) is 0 Å². The van der Waals surface area contributed by atoms with Gasteiger partial charge in [-0.3, -0.25) is 0 Å². The SMILES string of the molecule is Cc1ccc(S(=O)(=O)N(c2ccc(S(=O)(=O)Cl)cc2)S(=O)(=O)c2ccc(C)cc2)cc1. The minimum atomic E-state index is -4.57. The van der Waals surface area contributed by atoms with Crippen molar-refractivity contribution in [2.45, 2.75) is 28.5 Å². The van der Waals surface area contributed by atoms with E-state index in [1.165, 1.54) is 24.3 Å². The van der Waals surface area contributed by atoms with E-state index in [4.69, 9.17) is 10.7 Å². The van der Waals surface area contributed by atoms with Crippen molar-refractivity contribution >= 4 is 45.5 Å². The van der Waals surface area contributed by atoms with E-state index < -0.39 is 29.1 Å². The second-order valence-electron chi connectivity index (χ2n) is 6.77. The van der Waals surface area contributed by atoms with Gasteiger partial charge in [0.25, 0.3) is 29.1 Å². The average Bonchev–Trinajstić information content (AvgIpc) is 2.68. The highest BCUT2D eigenvalue weighted by Crippen LogP contribution is 2.32. The van der Waals surface area contributed by atoms with E-state index in [1.807, 2.05) is 0 Å². The van der Waals surface area contributed by atoms with E-state index in [-0.39, 0.29) is 20.4 Å². The van der Waals surface area contributed by atoms with Gasteiger partial charge < -0.3 is 0 Å². The molecule has 0 saturated heterocycles. The van der Waals surface area contributed by atoms with Crippen molar-refractivity contribution in [3.63, 3.8) is 0 Å². The second-order valence-corrected chi connectivity index (χ2v) is 13.1. The maximum Gasteiger partial charge on any atom is 0.277 e. The number of rotatable bonds is 6. The summed E-state index contributed by atoms with van der Waals surface area (Å²) in [4.78, 5) is -0.760. The third-order valence-electron chi connectivity index (χ3n) is 4.40. The highest BCUT2D eigenvalue weighted by molar-refractivity contribution is 8.13. The largest absolute Gasteiger partial charge is 0.277 e. The topological polar surface area (TPSA) is 106 Å². The molecule has 0 N–H and O–H groups in total. The third-order valence-corrected chi connectivity index (χ3v) is 9.98. The highest BCUT2D eigenvalue weighted by Gasteiger charge is 2.37. The highest BCUT2D eigenvalue weighted by atomic mass is 35.7. The summed E-state index contributed by atoms with van der Waals surface area (Å²) in [5.74, 6) is 0. The van der Waals surface area contributed by atoms with Crippen LogP contribution in [0, 0.1) is 13.8 Å². The zero-order valence-electron chi connectivity index (χ0n) is 16.4. The van der Waals surface area contributed by atoms with Gasteiger partial charge in [0, 0.05) is 10.7 Å². The fourth-order valence-electron chi connectivity index (χ4n) is 2.75. The molecule has 0 aliphatic heterocycles. The van der Waals surface area contributed by atoms with Crippen LogP contribution in [0.3, 0.4) is 0 Å². The Labute approximate surface area is 186 Å². The summed E-state index contributed by atoms with van der Waals surface area (Å²) in [5, 5.41) is 0. The standard InChI is InChI=1S/C20H18ClNO6S3/c1-15-3-9-19(10-4-15)30(25,26)22(17-7-13-18(14-8-17)29(21,23)24)31(27,28)20-11-5-16(2)6-12-20/h3-14H,1-2H3. The minimum absolute atomic E-state index is 0.233. The number of benzene rings is 3. The molecular weight excluding hydrogens is 482 g/mol. The quantitative estimate of drug-likeness (QED) is 0.477. The molecule has 11 heteroatoms. The molecule has 3 aromatic carbocycles. The van der Waals surface area contributed by atoms with Gasteiger partial charge in [-0.1, -0.05) is 35.4 Å². The van der Waals surface area contributed by atoms with Crippen molar-refractivity contribution in [1.29, 1.82) is 0 Å². The molecule has 0 aromatic heterocycles. The Kier molecular flexibility index (Phi) is 6.21.